The molecule has 1 aromatic carbocycles. The molecule has 3 nitrogen and oxygen atoms in total. The summed E-state index contributed by atoms with van der Waals surface area (Å²) < 4.78 is 5.29. The molecule has 0 spiro atoms. The Morgan fingerprint density at radius 2 is 2.07 bits per heavy atom. The molecule has 0 saturated carbocycles. The van der Waals surface area contributed by atoms with E-state index in [0.29, 0.717) is 11.5 Å². The van der Waals surface area contributed by atoms with Crippen LogP contribution in [-0.4, -0.2) is 12.8 Å². The van der Waals surface area contributed by atoms with Crippen LogP contribution in [0.3, 0.4) is 0 Å². The van der Waals surface area contributed by atoms with E-state index in [9.17, 15) is 0 Å². The van der Waals surface area contributed by atoms with E-state index in [4.69, 9.17) is 10.1 Å². The summed E-state index contributed by atoms with van der Waals surface area (Å²) in [6.45, 7) is 7.40. The number of ether oxygens (including phenoxy) is 1. The molecule has 0 amide bonds. The second-order valence-electron chi connectivity index (χ2n) is 3.42. The first kappa shape index (κ1) is 11.3. The molecule has 2 N–H and O–H groups in total. The number of allylic oxidation sites excluding steroid dienone is 1. The van der Waals surface area contributed by atoms with Gasteiger partial charge < -0.3 is 15.5 Å². The third-order valence-corrected chi connectivity index (χ3v) is 1.97. The lowest BCUT2D eigenvalue weighted by molar-refractivity contribution is 0.416. The first-order valence-corrected chi connectivity index (χ1v) is 4.71. The van der Waals surface area contributed by atoms with Crippen molar-refractivity contribution < 1.29 is 4.74 Å². The summed E-state index contributed by atoms with van der Waals surface area (Å²) in [5.74, 6) is 0.688. The quantitative estimate of drug-likeness (QED) is 0.740. The van der Waals surface area contributed by atoms with Gasteiger partial charge in [0, 0.05) is 17.0 Å². The Hall–Kier alpha value is -1.77. The number of methoxy groups -OCH3 is 1. The number of rotatable bonds is 4. The van der Waals surface area contributed by atoms with Gasteiger partial charge in [-0.25, -0.2) is 0 Å². The van der Waals surface area contributed by atoms with Crippen LogP contribution in [0.25, 0.3) is 0 Å². The lowest BCUT2D eigenvalue weighted by Crippen LogP contribution is -2.02. The van der Waals surface area contributed by atoms with Crippen molar-refractivity contribution in [3.63, 3.8) is 0 Å². The zero-order chi connectivity index (χ0) is 11.4. The van der Waals surface area contributed by atoms with Crippen molar-refractivity contribution in [3.05, 3.63) is 36.0 Å². The second-order valence-corrected chi connectivity index (χ2v) is 3.42. The standard InChI is InChI=1S/C12H16N2O/c1-8(2)14-11-7-5-6-10(9(3)13)12(11)15-4/h5-7,13-14H,1H2,2-4H3. The number of hydrogen-bond acceptors (Lipinski definition) is 3. The molecule has 3 heteroatoms. The van der Waals surface area contributed by atoms with Gasteiger partial charge in [0.25, 0.3) is 0 Å². The van der Waals surface area contributed by atoms with Gasteiger partial charge in [-0.15, -0.1) is 0 Å². The van der Waals surface area contributed by atoms with Crippen LogP contribution in [0, 0.1) is 5.41 Å². The Morgan fingerprint density at radius 3 is 2.53 bits per heavy atom. The van der Waals surface area contributed by atoms with Gasteiger partial charge in [-0.1, -0.05) is 12.6 Å². The average molecular weight is 204 g/mol. The van der Waals surface area contributed by atoms with E-state index in [1.807, 2.05) is 25.1 Å². The maximum Gasteiger partial charge on any atom is 0.151 e. The van der Waals surface area contributed by atoms with Crippen LogP contribution >= 0.6 is 0 Å². The van der Waals surface area contributed by atoms with Crippen molar-refractivity contribution in [1.29, 1.82) is 5.41 Å². The molecule has 0 saturated heterocycles. The lowest BCUT2D eigenvalue weighted by Gasteiger charge is -2.14. The summed E-state index contributed by atoms with van der Waals surface area (Å²) in [4.78, 5) is 0. The van der Waals surface area contributed by atoms with E-state index in [0.717, 1.165) is 16.9 Å². The van der Waals surface area contributed by atoms with E-state index in [1.54, 1.807) is 14.0 Å². The molecule has 0 unspecified atom stereocenters. The van der Waals surface area contributed by atoms with Crippen molar-refractivity contribution >= 4 is 11.4 Å². The Kier molecular flexibility index (Phi) is 3.50. The second kappa shape index (κ2) is 4.64. The zero-order valence-corrected chi connectivity index (χ0v) is 9.35. The van der Waals surface area contributed by atoms with Crippen LogP contribution < -0.4 is 10.1 Å². The minimum atomic E-state index is 0.484. The molecule has 0 atom stereocenters. The number of para-hydroxylation sites is 1. The van der Waals surface area contributed by atoms with Gasteiger partial charge in [0.15, 0.2) is 5.75 Å². The fourth-order valence-corrected chi connectivity index (χ4v) is 1.38. The average Bonchev–Trinajstić information content (AvgIpc) is 2.16. The molecule has 0 aliphatic carbocycles. The van der Waals surface area contributed by atoms with Crippen molar-refractivity contribution in [2.24, 2.45) is 0 Å². The highest BCUT2D eigenvalue weighted by molar-refractivity contribution is 6.00. The van der Waals surface area contributed by atoms with Crippen LogP contribution in [0.5, 0.6) is 5.75 Å². The van der Waals surface area contributed by atoms with Gasteiger partial charge >= 0.3 is 0 Å². The molecule has 80 valence electrons. The Labute approximate surface area is 90.3 Å². The van der Waals surface area contributed by atoms with E-state index >= 15 is 0 Å². The molecule has 0 bridgehead atoms. The fraction of sp³-hybridized carbons (Fsp3) is 0.250. The van der Waals surface area contributed by atoms with E-state index < -0.39 is 0 Å². The maximum atomic E-state index is 7.63. The minimum absolute atomic E-state index is 0.484. The predicted molar refractivity (Wildman–Crippen MR) is 63.9 cm³/mol. The summed E-state index contributed by atoms with van der Waals surface area (Å²) in [5.41, 5.74) is 2.96. The highest BCUT2D eigenvalue weighted by atomic mass is 16.5. The first-order valence-electron chi connectivity index (χ1n) is 4.71. The molecule has 15 heavy (non-hydrogen) atoms. The van der Waals surface area contributed by atoms with Crippen LogP contribution in [0.1, 0.15) is 19.4 Å². The molecule has 1 aromatic rings. The monoisotopic (exact) mass is 204 g/mol. The Balaban J connectivity index is 3.21. The molecule has 0 aliphatic rings. The molecule has 0 heterocycles. The molecule has 0 aliphatic heterocycles. The van der Waals surface area contributed by atoms with Gasteiger partial charge in [-0.05, 0) is 26.0 Å². The van der Waals surface area contributed by atoms with Gasteiger partial charge in [0.2, 0.25) is 0 Å². The maximum absolute atomic E-state index is 7.63. The Morgan fingerprint density at radius 1 is 1.40 bits per heavy atom. The summed E-state index contributed by atoms with van der Waals surface area (Å²) in [6, 6.07) is 5.66. The lowest BCUT2D eigenvalue weighted by atomic mass is 10.1. The largest absolute Gasteiger partial charge is 0.494 e. The van der Waals surface area contributed by atoms with Crippen molar-refractivity contribution in [2.75, 3.05) is 12.4 Å². The van der Waals surface area contributed by atoms with Crippen molar-refractivity contribution in [1.82, 2.24) is 0 Å². The highest BCUT2D eigenvalue weighted by Gasteiger charge is 2.09. The van der Waals surface area contributed by atoms with E-state index in [2.05, 4.69) is 11.9 Å². The topological polar surface area (TPSA) is 45.1 Å². The Bertz CT molecular complexity index is 397. The normalized spacial score (nSPS) is 9.53. The SMILES string of the molecule is C=C(C)Nc1cccc(C(C)=N)c1OC. The van der Waals surface area contributed by atoms with Gasteiger partial charge in [0.1, 0.15) is 0 Å². The van der Waals surface area contributed by atoms with Crippen LogP contribution in [0.4, 0.5) is 5.69 Å². The number of nitrogens with one attached hydrogen (secondary N) is 2. The fourth-order valence-electron chi connectivity index (χ4n) is 1.38. The van der Waals surface area contributed by atoms with E-state index in [1.165, 1.54) is 0 Å². The summed E-state index contributed by atoms with van der Waals surface area (Å²) in [5, 5.41) is 10.7. The molecular weight excluding hydrogens is 188 g/mol. The first-order chi connectivity index (χ1) is 7.06. The highest BCUT2D eigenvalue weighted by Crippen LogP contribution is 2.29. The van der Waals surface area contributed by atoms with Gasteiger partial charge in [-0.2, -0.15) is 0 Å². The van der Waals surface area contributed by atoms with Crippen molar-refractivity contribution in [3.8, 4) is 5.75 Å². The van der Waals surface area contributed by atoms with Gasteiger partial charge in [0.05, 0.1) is 12.8 Å². The molecule has 0 fully saturated rings. The molecule has 0 aromatic heterocycles. The van der Waals surface area contributed by atoms with Crippen LogP contribution in [-0.2, 0) is 0 Å². The van der Waals surface area contributed by atoms with E-state index in [-0.39, 0.29) is 0 Å². The molecule has 1 rings (SSSR count). The number of benzene rings is 1. The van der Waals surface area contributed by atoms with Gasteiger partial charge in [-0.3, -0.25) is 0 Å². The third-order valence-electron chi connectivity index (χ3n) is 1.97. The van der Waals surface area contributed by atoms with Crippen LogP contribution in [0.15, 0.2) is 30.5 Å². The summed E-state index contributed by atoms with van der Waals surface area (Å²) in [7, 11) is 1.60. The smallest absolute Gasteiger partial charge is 0.151 e. The predicted octanol–water partition coefficient (Wildman–Crippen LogP) is 3.03. The summed E-state index contributed by atoms with van der Waals surface area (Å²) >= 11 is 0. The molecular formula is C12H16N2O. The number of hydrogen-bond donors (Lipinski definition) is 2. The van der Waals surface area contributed by atoms with Crippen molar-refractivity contribution in [2.45, 2.75) is 13.8 Å². The zero-order valence-electron chi connectivity index (χ0n) is 9.35. The summed E-state index contributed by atoms with van der Waals surface area (Å²) in [6.07, 6.45) is 0. The van der Waals surface area contributed by atoms with Crippen LogP contribution in [0.2, 0.25) is 0 Å². The third kappa shape index (κ3) is 2.59. The molecule has 0 radical (unpaired) electrons. The minimum Gasteiger partial charge on any atom is -0.494 e. The number of anilines is 1.